The number of aromatic nitrogens is 2. The molecule has 2 N–H and O–H groups in total. The molecule has 1 aromatic rings. The second-order valence-corrected chi connectivity index (χ2v) is 6.33. The zero-order valence-electron chi connectivity index (χ0n) is 11.3. The molecule has 6 nitrogen and oxygen atoms in total. The van der Waals surface area contributed by atoms with Gasteiger partial charge in [-0.15, -0.1) is 0 Å². The summed E-state index contributed by atoms with van der Waals surface area (Å²) in [5.74, 6) is 0.444. The molecule has 0 aliphatic heterocycles. The zero-order valence-corrected chi connectivity index (χ0v) is 12.1. The van der Waals surface area contributed by atoms with E-state index in [-0.39, 0.29) is 11.4 Å². The molecule has 1 rings (SSSR count). The third-order valence-corrected chi connectivity index (χ3v) is 4.04. The molecule has 0 atom stereocenters. The van der Waals surface area contributed by atoms with Gasteiger partial charge in [0.25, 0.3) is 0 Å². The van der Waals surface area contributed by atoms with E-state index in [1.54, 1.807) is 13.8 Å². The number of aryl methyl sites for hydroxylation is 2. The van der Waals surface area contributed by atoms with E-state index in [4.69, 9.17) is 4.74 Å². The zero-order chi connectivity index (χ0) is 13.8. The Kier molecular flexibility index (Phi) is 5.30. The molecule has 0 spiro atoms. The van der Waals surface area contributed by atoms with E-state index in [2.05, 4.69) is 14.9 Å². The number of nitrogens with one attached hydrogen (secondary N) is 2. The van der Waals surface area contributed by atoms with Crippen LogP contribution >= 0.6 is 0 Å². The van der Waals surface area contributed by atoms with Gasteiger partial charge in [0.15, 0.2) is 0 Å². The van der Waals surface area contributed by atoms with Gasteiger partial charge < -0.3 is 4.74 Å². The fourth-order valence-corrected chi connectivity index (χ4v) is 2.96. The van der Waals surface area contributed by atoms with Crippen molar-refractivity contribution in [3.8, 4) is 0 Å². The molecule has 1 heterocycles. The van der Waals surface area contributed by atoms with Crippen LogP contribution in [0.1, 0.15) is 25.2 Å². The summed E-state index contributed by atoms with van der Waals surface area (Å²) in [6, 6.07) is 0. The lowest BCUT2D eigenvalue weighted by atomic mass is 10.2. The number of ether oxygens (including phenoxy) is 1. The van der Waals surface area contributed by atoms with Gasteiger partial charge >= 0.3 is 0 Å². The lowest BCUT2D eigenvalue weighted by Crippen LogP contribution is -2.28. The molecular weight excluding hydrogens is 254 g/mol. The van der Waals surface area contributed by atoms with E-state index in [0.717, 1.165) is 0 Å². The SMILES string of the molecule is Cc1n[nH]c(C)c1S(=O)(=O)NCCOCC(C)C. The minimum Gasteiger partial charge on any atom is -0.380 e. The van der Waals surface area contributed by atoms with Crippen molar-refractivity contribution >= 4 is 10.0 Å². The minimum atomic E-state index is -3.50. The van der Waals surface area contributed by atoms with Crippen LogP contribution in [0.25, 0.3) is 0 Å². The van der Waals surface area contributed by atoms with Crippen molar-refractivity contribution in [1.82, 2.24) is 14.9 Å². The largest absolute Gasteiger partial charge is 0.380 e. The first-order chi connectivity index (χ1) is 8.34. The Morgan fingerprint density at radius 3 is 2.56 bits per heavy atom. The number of nitrogens with zero attached hydrogens (tertiary/aromatic N) is 1. The van der Waals surface area contributed by atoms with Crippen LogP contribution in [0, 0.1) is 19.8 Å². The maximum atomic E-state index is 12.0. The standard InChI is InChI=1S/C11H21N3O3S/c1-8(2)7-17-6-5-12-18(15,16)11-9(3)13-14-10(11)4/h8,12H,5-7H2,1-4H3,(H,13,14). The summed E-state index contributed by atoms with van der Waals surface area (Å²) in [6.45, 7) is 8.69. The minimum absolute atomic E-state index is 0.228. The normalized spacial score (nSPS) is 12.3. The monoisotopic (exact) mass is 275 g/mol. The van der Waals surface area contributed by atoms with E-state index < -0.39 is 10.0 Å². The van der Waals surface area contributed by atoms with E-state index in [1.165, 1.54) is 0 Å². The Bertz CT molecular complexity index is 460. The summed E-state index contributed by atoms with van der Waals surface area (Å²) < 4.78 is 31.8. The average molecular weight is 275 g/mol. The Hall–Kier alpha value is -0.920. The molecule has 0 amide bonds. The average Bonchev–Trinajstić information content (AvgIpc) is 2.57. The van der Waals surface area contributed by atoms with Gasteiger partial charge in [0, 0.05) is 13.2 Å². The highest BCUT2D eigenvalue weighted by Gasteiger charge is 2.21. The van der Waals surface area contributed by atoms with E-state index in [0.29, 0.717) is 30.5 Å². The second kappa shape index (κ2) is 6.31. The summed E-state index contributed by atoms with van der Waals surface area (Å²) in [5.41, 5.74) is 1.02. The van der Waals surface area contributed by atoms with Crippen LogP contribution in [0.15, 0.2) is 4.90 Å². The quantitative estimate of drug-likeness (QED) is 0.726. The second-order valence-electron chi connectivity index (χ2n) is 4.63. The van der Waals surface area contributed by atoms with Crippen molar-refractivity contribution in [2.24, 2.45) is 5.92 Å². The maximum absolute atomic E-state index is 12.0. The lowest BCUT2D eigenvalue weighted by molar-refractivity contribution is 0.114. The van der Waals surface area contributed by atoms with Gasteiger partial charge in [0.05, 0.1) is 18.0 Å². The number of sulfonamides is 1. The summed E-state index contributed by atoms with van der Waals surface area (Å²) in [4.78, 5) is 0.228. The van der Waals surface area contributed by atoms with E-state index in [9.17, 15) is 8.42 Å². The summed E-state index contributed by atoms with van der Waals surface area (Å²) in [6.07, 6.45) is 0. The highest BCUT2D eigenvalue weighted by atomic mass is 32.2. The van der Waals surface area contributed by atoms with Gasteiger partial charge in [-0.05, 0) is 19.8 Å². The van der Waals surface area contributed by atoms with Crippen LogP contribution in [0.4, 0.5) is 0 Å². The van der Waals surface area contributed by atoms with Crippen molar-refractivity contribution in [3.63, 3.8) is 0 Å². The molecule has 0 bridgehead atoms. The first-order valence-electron chi connectivity index (χ1n) is 5.93. The predicted molar refractivity (Wildman–Crippen MR) is 68.9 cm³/mol. The van der Waals surface area contributed by atoms with Crippen molar-refractivity contribution in [1.29, 1.82) is 0 Å². The number of H-pyrrole nitrogens is 1. The molecule has 0 aliphatic carbocycles. The van der Waals surface area contributed by atoms with Crippen LogP contribution in [0.3, 0.4) is 0 Å². The summed E-state index contributed by atoms with van der Waals surface area (Å²) >= 11 is 0. The van der Waals surface area contributed by atoms with Gasteiger partial charge in [-0.2, -0.15) is 5.10 Å². The number of aromatic amines is 1. The summed E-state index contributed by atoms with van der Waals surface area (Å²) in [5, 5.41) is 6.53. The topological polar surface area (TPSA) is 84.1 Å². The molecule has 1 aromatic heterocycles. The molecule has 0 saturated carbocycles. The molecule has 104 valence electrons. The lowest BCUT2D eigenvalue weighted by Gasteiger charge is -2.08. The van der Waals surface area contributed by atoms with Crippen LogP contribution in [0.2, 0.25) is 0 Å². The van der Waals surface area contributed by atoms with E-state index >= 15 is 0 Å². The molecular formula is C11H21N3O3S. The third-order valence-electron chi connectivity index (χ3n) is 2.32. The number of rotatable bonds is 7. The first kappa shape index (κ1) is 15.1. The van der Waals surface area contributed by atoms with Crippen LogP contribution in [0.5, 0.6) is 0 Å². The fraction of sp³-hybridized carbons (Fsp3) is 0.727. The van der Waals surface area contributed by atoms with Crippen LogP contribution in [-0.2, 0) is 14.8 Å². The fourth-order valence-electron chi connectivity index (χ4n) is 1.58. The molecule has 7 heteroatoms. The Balaban J connectivity index is 2.51. The van der Waals surface area contributed by atoms with Crippen molar-refractivity contribution in [2.45, 2.75) is 32.6 Å². The molecule has 0 saturated heterocycles. The third kappa shape index (κ3) is 4.08. The Labute approximate surface area is 108 Å². The highest BCUT2D eigenvalue weighted by Crippen LogP contribution is 2.15. The van der Waals surface area contributed by atoms with Crippen LogP contribution < -0.4 is 4.72 Å². The Morgan fingerprint density at radius 2 is 2.06 bits per heavy atom. The smallest absolute Gasteiger partial charge is 0.244 e. The van der Waals surface area contributed by atoms with Gasteiger partial charge in [-0.3, -0.25) is 5.10 Å². The van der Waals surface area contributed by atoms with Crippen molar-refractivity contribution in [3.05, 3.63) is 11.4 Å². The summed E-state index contributed by atoms with van der Waals surface area (Å²) in [7, 11) is -3.50. The molecule has 0 radical (unpaired) electrons. The first-order valence-corrected chi connectivity index (χ1v) is 7.42. The Morgan fingerprint density at radius 1 is 1.39 bits per heavy atom. The van der Waals surface area contributed by atoms with Gasteiger partial charge in [0.2, 0.25) is 10.0 Å². The van der Waals surface area contributed by atoms with Gasteiger partial charge in [-0.1, -0.05) is 13.8 Å². The highest BCUT2D eigenvalue weighted by molar-refractivity contribution is 7.89. The van der Waals surface area contributed by atoms with Crippen molar-refractivity contribution < 1.29 is 13.2 Å². The maximum Gasteiger partial charge on any atom is 0.244 e. The molecule has 0 unspecified atom stereocenters. The van der Waals surface area contributed by atoms with Crippen LogP contribution in [-0.4, -0.2) is 38.4 Å². The molecule has 0 aliphatic rings. The molecule has 0 aromatic carbocycles. The molecule has 0 fully saturated rings. The van der Waals surface area contributed by atoms with E-state index in [1.807, 2.05) is 13.8 Å². The van der Waals surface area contributed by atoms with Gasteiger partial charge in [-0.25, -0.2) is 13.1 Å². The number of hydrogen-bond acceptors (Lipinski definition) is 4. The van der Waals surface area contributed by atoms with Crippen molar-refractivity contribution in [2.75, 3.05) is 19.8 Å². The molecule has 18 heavy (non-hydrogen) atoms. The number of hydrogen-bond donors (Lipinski definition) is 2. The van der Waals surface area contributed by atoms with Gasteiger partial charge in [0.1, 0.15) is 4.90 Å². The predicted octanol–water partition coefficient (Wildman–Crippen LogP) is 0.977.